The van der Waals surface area contributed by atoms with Gasteiger partial charge >= 0.3 is 6.18 Å². The summed E-state index contributed by atoms with van der Waals surface area (Å²) in [7, 11) is 0. The Kier molecular flexibility index (Phi) is 8.87. The first-order valence-electron chi connectivity index (χ1n) is 16.6. The number of halogens is 4. The molecule has 2 aromatic carbocycles. The zero-order valence-corrected chi connectivity index (χ0v) is 27.5. The van der Waals surface area contributed by atoms with Gasteiger partial charge in [0.05, 0.1) is 29.9 Å². The monoisotopic (exact) mass is 699 g/mol. The number of nitrogens with two attached hydrogens (primary N) is 2. The highest BCUT2D eigenvalue weighted by atomic mass is 19.4. The summed E-state index contributed by atoms with van der Waals surface area (Å²) >= 11 is 0. The number of alkyl halides is 3. The second-order valence-corrected chi connectivity index (χ2v) is 13.2. The van der Waals surface area contributed by atoms with Crippen LogP contribution in [0.15, 0.2) is 79.3 Å². The summed E-state index contributed by atoms with van der Waals surface area (Å²) in [5.41, 5.74) is 8.77. The normalized spacial score (nSPS) is 19.5. The smallest absolute Gasteiger partial charge is 0.398 e. The van der Waals surface area contributed by atoms with Crippen LogP contribution >= 0.6 is 0 Å². The van der Waals surface area contributed by atoms with Gasteiger partial charge in [0.1, 0.15) is 5.69 Å². The predicted molar refractivity (Wildman–Crippen MR) is 182 cm³/mol. The zero-order chi connectivity index (χ0) is 35.9. The van der Waals surface area contributed by atoms with E-state index in [9.17, 15) is 27.2 Å². The van der Waals surface area contributed by atoms with Crippen molar-refractivity contribution in [2.24, 2.45) is 5.41 Å². The van der Waals surface area contributed by atoms with E-state index in [0.717, 1.165) is 41.4 Å². The minimum absolute atomic E-state index is 0.00689. The van der Waals surface area contributed by atoms with E-state index in [-0.39, 0.29) is 35.3 Å². The van der Waals surface area contributed by atoms with Crippen molar-refractivity contribution in [3.63, 3.8) is 0 Å². The van der Waals surface area contributed by atoms with Gasteiger partial charge in [0.15, 0.2) is 11.6 Å². The van der Waals surface area contributed by atoms with Crippen LogP contribution in [0, 0.1) is 11.2 Å². The number of likely N-dealkylation sites (tertiary alicyclic amines) is 1. The van der Waals surface area contributed by atoms with Gasteiger partial charge in [-0.2, -0.15) is 13.2 Å². The molecule has 10 nitrogen and oxygen atoms in total. The number of hydrogen-bond acceptors (Lipinski definition) is 7. The van der Waals surface area contributed by atoms with E-state index < -0.39 is 23.1 Å². The molecule has 7 rings (SSSR count). The van der Waals surface area contributed by atoms with E-state index in [1.54, 1.807) is 23.1 Å². The summed E-state index contributed by atoms with van der Waals surface area (Å²) < 4.78 is 53.0. The highest BCUT2D eigenvalue weighted by Crippen LogP contribution is 2.43. The average molecular weight is 700 g/mol. The van der Waals surface area contributed by atoms with Crippen molar-refractivity contribution in [1.29, 1.82) is 0 Å². The molecule has 2 fully saturated rings. The number of carbonyl (C=O) groups excluding carboxylic acids is 2. The Hall–Kier alpha value is -5.50. The number of carbonyl (C=O) groups is 2. The first kappa shape index (κ1) is 34.0. The van der Waals surface area contributed by atoms with Crippen LogP contribution in [0.5, 0.6) is 0 Å². The predicted octanol–water partition coefficient (Wildman–Crippen LogP) is 3.62. The fourth-order valence-corrected chi connectivity index (χ4v) is 7.14. The van der Waals surface area contributed by atoms with E-state index >= 15 is 0 Å². The van der Waals surface area contributed by atoms with Crippen molar-refractivity contribution in [1.82, 2.24) is 24.8 Å². The van der Waals surface area contributed by atoms with Crippen LogP contribution in [0.3, 0.4) is 0 Å². The molecule has 0 saturated carbocycles. The van der Waals surface area contributed by atoms with Crippen LogP contribution in [0.4, 0.5) is 28.9 Å². The van der Waals surface area contributed by atoms with Gasteiger partial charge in [0, 0.05) is 54.9 Å². The van der Waals surface area contributed by atoms with Gasteiger partial charge < -0.3 is 15.5 Å². The van der Waals surface area contributed by atoms with Crippen LogP contribution in [-0.4, -0.2) is 81.5 Å². The van der Waals surface area contributed by atoms with Gasteiger partial charge in [0.25, 0.3) is 0 Å². The molecule has 1 spiro atoms. The van der Waals surface area contributed by atoms with Gasteiger partial charge in [-0.3, -0.25) is 24.9 Å². The molecule has 5 heterocycles. The second-order valence-electron chi connectivity index (χ2n) is 13.2. The number of anilines is 2. The maximum Gasteiger partial charge on any atom is 0.433 e. The topological polar surface area (TPSA) is 134 Å². The molecule has 0 unspecified atom stereocenters. The summed E-state index contributed by atoms with van der Waals surface area (Å²) in [6.45, 7) is 2.81. The largest absolute Gasteiger partial charge is 0.433 e. The number of benzene rings is 2. The number of amides is 2. The van der Waals surface area contributed by atoms with Crippen LogP contribution in [-0.2, 0) is 15.8 Å². The Morgan fingerprint density at radius 3 is 2.37 bits per heavy atom. The average Bonchev–Trinajstić information content (AvgIpc) is 3.70. The number of rotatable bonds is 7. The van der Waals surface area contributed by atoms with Gasteiger partial charge in [-0.15, -0.1) is 0 Å². The molecular formula is C37H35F4N8O2+. The Morgan fingerprint density at radius 1 is 0.941 bits per heavy atom. The van der Waals surface area contributed by atoms with Crippen molar-refractivity contribution in [2.45, 2.75) is 25.4 Å². The minimum Gasteiger partial charge on any atom is -0.398 e. The number of hydrogen-bond donors (Lipinski definition) is 2. The van der Waals surface area contributed by atoms with Crippen molar-refractivity contribution in [3.8, 4) is 11.4 Å². The molecule has 0 radical (unpaired) electrons. The van der Waals surface area contributed by atoms with Crippen LogP contribution in [0.2, 0.25) is 0 Å². The molecule has 51 heavy (non-hydrogen) atoms. The lowest BCUT2D eigenvalue weighted by molar-refractivity contribution is -0.141. The molecule has 3 aliphatic heterocycles. The first-order chi connectivity index (χ1) is 24.4. The standard InChI is InChI=1S/C37H34F4N8O2/c38-27-19-45-34(46-20-27)25-3-1-23(2-4-25)24-8-13-48(14-9-24)32(50)21-47-15-10-36(22-47)11-16-49(35(36)51)28-5-6-30(42)29(18-28)33(43)26-7-12-44-31(17-26)37(39,40)41/h1-8,12,17-20,43H,9-11,13-16,21-22,42H2/p+1/t36-/m0/s1. The highest BCUT2D eigenvalue weighted by molar-refractivity contribution is 6.13. The first-order valence-corrected chi connectivity index (χ1v) is 16.6. The Balaban J connectivity index is 0.962. The molecular weight excluding hydrogens is 664 g/mol. The fraction of sp³-hybridized carbons (Fsp3) is 0.297. The Bertz CT molecular complexity index is 2030. The summed E-state index contributed by atoms with van der Waals surface area (Å²) in [6, 6.07) is 14.9. The fourth-order valence-electron chi connectivity index (χ4n) is 7.14. The van der Waals surface area contributed by atoms with Gasteiger partial charge in [-0.05, 0) is 67.3 Å². The molecule has 0 aliphatic carbocycles. The number of pyridine rings is 1. The lowest BCUT2D eigenvalue weighted by Crippen LogP contribution is -2.43. The van der Waals surface area contributed by atoms with Crippen molar-refractivity contribution >= 4 is 34.5 Å². The quantitative estimate of drug-likeness (QED) is 0.171. The zero-order valence-electron chi connectivity index (χ0n) is 27.5. The molecule has 3 aliphatic rings. The van der Waals surface area contributed by atoms with E-state index in [1.165, 1.54) is 6.07 Å². The SMILES string of the molecule is Nc1ccc(N2CC[C@]3(CCN(CC(=O)N4CC=C(c5ccc(-c6ncc(F)cn6)cc5)CC4)C3)C2=O)cc1C(=[NH2+])c1ccnc(C(F)(F)F)c1. The van der Waals surface area contributed by atoms with Crippen molar-refractivity contribution < 1.29 is 32.6 Å². The van der Waals surface area contributed by atoms with E-state index in [4.69, 9.17) is 11.1 Å². The second kappa shape index (κ2) is 13.3. The minimum atomic E-state index is -4.63. The molecule has 4 aromatic rings. The summed E-state index contributed by atoms with van der Waals surface area (Å²) in [5.74, 6) is -0.0943. The lowest BCUT2D eigenvalue weighted by atomic mass is 9.85. The number of aromatic nitrogens is 3. The van der Waals surface area contributed by atoms with E-state index in [1.807, 2.05) is 34.1 Å². The Morgan fingerprint density at radius 2 is 1.67 bits per heavy atom. The highest BCUT2D eigenvalue weighted by Gasteiger charge is 2.51. The molecule has 2 aromatic heterocycles. The van der Waals surface area contributed by atoms with Gasteiger partial charge in [-0.25, -0.2) is 14.4 Å². The number of nitrogen functional groups attached to an aromatic ring is 1. The molecule has 0 bridgehead atoms. The maximum absolute atomic E-state index is 13.9. The van der Waals surface area contributed by atoms with E-state index in [2.05, 4.69) is 21.0 Å². The molecule has 14 heteroatoms. The molecule has 262 valence electrons. The summed E-state index contributed by atoms with van der Waals surface area (Å²) in [5, 5.41) is 6.32. The molecule has 1 atom stereocenters. The maximum atomic E-state index is 13.9. The molecule has 2 saturated heterocycles. The number of nitrogens with zero attached hydrogens (tertiary/aromatic N) is 6. The van der Waals surface area contributed by atoms with Crippen molar-refractivity contribution in [2.75, 3.05) is 49.9 Å². The van der Waals surface area contributed by atoms with Gasteiger partial charge in [0.2, 0.25) is 17.5 Å². The van der Waals surface area contributed by atoms with Crippen LogP contribution in [0.25, 0.3) is 17.0 Å². The summed E-state index contributed by atoms with van der Waals surface area (Å²) in [6.07, 6.45) is 2.67. The third-order valence-corrected chi connectivity index (χ3v) is 10.0. The molecule has 4 N–H and O–H groups in total. The van der Waals surface area contributed by atoms with Crippen LogP contribution < -0.4 is 16.0 Å². The summed E-state index contributed by atoms with van der Waals surface area (Å²) in [4.78, 5) is 44.3. The van der Waals surface area contributed by atoms with Crippen LogP contribution in [0.1, 0.15) is 41.6 Å². The third-order valence-electron chi connectivity index (χ3n) is 10.0. The third kappa shape index (κ3) is 6.83. The lowest BCUT2D eigenvalue weighted by Gasteiger charge is -2.29. The molecule has 2 amide bonds. The Labute approximate surface area is 291 Å². The van der Waals surface area contributed by atoms with Crippen molar-refractivity contribution in [3.05, 3.63) is 107 Å². The van der Waals surface area contributed by atoms with Gasteiger partial charge in [-0.1, -0.05) is 30.3 Å². The van der Waals surface area contributed by atoms with E-state index in [0.29, 0.717) is 69.1 Å².